The van der Waals surface area contributed by atoms with Crippen molar-refractivity contribution in [3.05, 3.63) is 27.7 Å². The zero-order valence-electron chi connectivity index (χ0n) is 11.5. The van der Waals surface area contributed by atoms with Crippen LogP contribution in [-0.4, -0.2) is 32.3 Å². The molecule has 8 heteroatoms. The van der Waals surface area contributed by atoms with Crippen LogP contribution < -0.4 is 4.72 Å². The summed E-state index contributed by atoms with van der Waals surface area (Å²) in [4.78, 5) is -0.0949. The topological polar surface area (TPSA) is 75.6 Å². The first-order valence-electron chi connectivity index (χ1n) is 6.58. The molecule has 0 amide bonds. The van der Waals surface area contributed by atoms with Crippen LogP contribution in [0.4, 0.5) is 0 Å². The third kappa shape index (κ3) is 3.70. The van der Waals surface area contributed by atoms with Gasteiger partial charge in [0, 0.05) is 23.2 Å². The number of rotatable bonds is 5. The molecule has 5 nitrogen and oxygen atoms in total. The van der Waals surface area contributed by atoms with Gasteiger partial charge in [0.2, 0.25) is 10.0 Å². The lowest BCUT2D eigenvalue weighted by Crippen LogP contribution is -2.40. The van der Waals surface area contributed by atoms with Crippen molar-refractivity contribution in [3.63, 3.8) is 0 Å². The number of nitrogens with one attached hydrogen (secondary N) is 1. The van der Waals surface area contributed by atoms with Crippen LogP contribution in [0.25, 0.3) is 0 Å². The molecule has 1 heterocycles. The number of halogens is 2. The Morgan fingerprint density at radius 3 is 2.76 bits per heavy atom. The normalized spacial score (nSPS) is 20.7. The molecule has 1 fully saturated rings. The van der Waals surface area contributed by atoms with Gasteiger partial charge < -0.3 is 9.84 Å². The summed E-state index contributed by atoms with van der Waals surface area (Å²) in [6.45, 7) is 1.97. The third-order valence-corrected chi connectivity index (χ3v) is 5.96. The van der Waals surface area contributed by atoms with Gasteiger partial charge >= 0.3 is 0 Å². The summed E-state index contributed by atoms with van der Waals surface area (Å²) in [7, 11) is -3.81. The summed E-state index contributed by atoms with van der Waals surface area (Å²) in [6.07, 6.45) is 1.61. The van der Waals surface area contributed by atoms with Crippen LogP contribution in [0.3, 0.4) is 0 Å². The molecule has 1 aromatic carbocycles. The summed E-state index contributed by atoms with van der Waals surface area (Å²) in [5.74, 6) is 0. The van der Waals surface area contributed by atoms with E-state index >= 15 is 0 Å². The molecule has 0 radical (unpaired) electrons. The first-order valence-corrected chi connectivity index (χ1v) is 8.82. The van der Waals surface area contributed by atoms with Crippen LogP contribution in [0.15, 0.2) is 17.0 Å². The Balaban J connectivity index is 2.27. The Kier molecular flexibility index (Phi) is 5.51. The van der Waals surface area contributed by atoms with Crippen LogP contribution in [-0.2, 0) is 21.4 Å². The zero-order chi connectivity index (χ0) is 15.6. The molecule has 1 saturated heterocycles. The van der Waals surface area contributed by atoms with Crippen molar-refractivity contribution in [2.75, 3.05) is 6.61 Å². The highest BCUT2D eigenvalue weighted by Gasteiger charge is 2.28. The Bertz CT molecular complexity index is 615. The van der Waals surface area contributed by atoms with Gasteiger partial charge in [-0.2, -0.15) is 0 Å². The largest absolute Gasteiger partial charge is 0.392 e. The minimum atomic E-state index is -3.81. The molecule has 0 bridgehead atoms. The summed E-state index contributed by atoms with van der Waals surface area (Å²) in [5.41, 5.74) is 0.200. The SMILES string of the molecule is CC(NS(=O)(=O)c1ccc(Cl)c(CO)c1Cl)C1CCCO1. The van der Waals surface area contributed by atoms with E-state index in [1.54, 1.807) is 6.92 Å². The molecule has 0 saturated carbocycles. The fraction of sp³-hybridized carbons (Fsp3) is 0.538. The highest BCUT2D eigenvalue weighted by atomic mass is 35.5. The van der Waals surface area contributed by atoms with Gasteiger partial charge in [-0.15, -0.1) is 0 Å². The highest BCUT2D eigenvalue weighted by molar-refractivity contribution is 7.89. The smallest absolute Gasteiger partial charge is 0.242 e. The molecule has 2 unspecified atom stereocenters. The molecule has 1 aromatic rings. The summed E-state index contributed by atoms with van der Waals surface area (Å²) >= 11 is 11.9. The van der Waals surface area contributed by atoms with E-state index in [4.69, 9.17) is 27.9 Å². The lowest BCUT2D eigenvalue weighted by atomic mass is 10.1. The predicted octanol–water partition coefficient (Wildman–Crippen LogP) is 2.33. The average molecular weight is 354 g/mol. The van der Waals surface area contributed by atoms with E-state index < -0.39 is 16.6 Å². The van der Waals surface area contributed by atoms with Gasteiger partial charge in [0.25, 0.3) is 0 Å². The second-order valence-corrected chi connectivity index (χ2v) is 7.43. The van der Waals surface area contributed by atoms with Crippen LogP contribution in [0.2, 0.25) is 10.0 Å². The number of sulfonamides is 1. The predicted molar refractivity (Wildman–Crippen MR) is 81.1 cm³/mol. The summed E-state index contributed by atoms with van der Waals surface area (Å²) in [6, 6.07) is 2.38. The molecule has 0 aliphatic carbocycles. The second-order valence-electron chi connectivity index (χ2n) is 4.96. The van der Waals surface area contributed by atoms with Crippen molar-refractivity contribution in [1.29, 1.82) is 0 Å². The van der Waals surface area contributed by atoms with Crippen molar-refractivity contribution in [2.24, 2.45) is 0 Å². The molecule has 2 atom stereocenters. The molecule has 1 aliphatic heterocycles. The average Bonchev–Trinajstić information content (AvgIpc) is 2.92. The van der Waals surface area contributed by atoms with Gasteiger partial charge in [-0.05, 0) is 31.9 Å². The first-order chi connectivity index (χ1) is 9.86. The molecule has 0 aromatic heterocycles. The monoisotopic (exact) mass is 353 g/mol. The van der Waals surface area contributed by atoms with E-state index in [2.05, 4.69) is 4.72 Å². The van der Waals surface area contributed by atoms with Crippen molar-refractivity contribution in [1.82, 2.24) is 4.72 Å². The molecule has 1 aliphatic rings. The number of aliphatic hydroxyl groups is 1. The second kappa shape index (κ2) is 6.81. The number of hydrogen-bond acceptors (Lipinski definition) is 4. The maximum absolute atomic E-state index is 12.4. The van der Waals surface area contributed by atoms with E-state index in [1.807, 2.05) is 0 Å². The van der Waals surface area contributed by atoms with E-state index in [9.17, 15) is 13.5 Å². The Morgan fingerprint density at radius 2 is 2.19 bits per heavy atom. The van der Waals surface area contributed by atoms with Gasteiger partial charge in [0.05, 0.1) is 17.7 Å². The summed E-state index contributed by atoms with van der Waals surface area (Å²) < 4.78 is 32.9. The maximum Gasteiger partial charge on any atom is 0.242 e. The number of ether oxygens (including phenoxy) is 1. The van der Waals surface area contributed by atoms with E-state index in [0.29, 0.717) is 6.61 Å². The fourth-order valence-electron chi connectivity index (χ4n) is 2.31. The number of aliphatic hydroxyl groups excluding tert-OH is 1. The highest BCUT2D eigenvalue weighted by Crippen LogP contribution is 2.31. The van der Waals surface area contributed by atoms with Gasteiger partial charge in [-0.1, -0.05) is 23.2 Å². The van der Waals surface area contributed by atoms with Gasteiger partial charge in [-0.25, -0.2) is 13.1 Å². The lowest BCUT2D eigenvalue weighted by Gasteiger charge is -2.20. The van der Waals surface area contributed by atoms with Gasteiger partial charge in [-0.3, -0.25) is 0 Å². The van der Waals surface area contributed by atoms with Crippen LogP contribution in [0, 0.1) is 0 Å². The third-order valence-electron chi connectivity index (χ3n) is 3.46. The molecule has 2 N–H and O–H groups in total. The summed E-state index contributed by atoms with van der Waals surface area (Å²) in [5, 5.41) is 9.41. The maximum atomic E-state index is 12.4. The van der Waals surface area contributed by atoms with Crippen molar-refractivity contribution >= 4 is 33.2 Å². The minimum absolute atomic E-state index is 0.0583. The zero-order valence-corrected chi connectivity index (χ0v) is 13.8. The van der Waals surface area contributed by atoms with Crippen LogP contribution in [0.1, 0.15) is 25.3 Å². The Morgan fingerprint density at radius 1 is 1.48 bits per heavy atom. The number of hydrogen-bond donors (Lipinski definition) is 2. The van der Waals surface area contributed by atoms with Crippen molar-refractivity contribution in [3.8, 4) is 0 Å². The Hall–Kier alpha value is -0.370. The standard InChI is InChI=1S/C13H17Cl2NO4S/c1-8(11-3-2-6-20-11)16-21(18,19)12-5-4-10(14)9(7-17)13(12)15/h4-5,8,11,16-17H,2-3,6-7H2,1H3. The van der Waals surface area contributed by atoms with Gasteiger partial charge in [0.15, 0.2) is 0 Å². The van der Waals surface area contributed by atoms with E-state index in [1.165, 1.54) is 12.1 Å². The molecular formula is C13H17Cl2NO4S. The molecule has 21 heavy (non-hydrogen) atoms. The van der Waals surface area contributed by atoms with Crippen LogP contribution in [0.5, 0.6) is 0 Å². The quantitative estimate of drug-likeness (QED) is 0.851. The molecule has 2 rings (SSSR count). The van der Waals surface area contributed by atoms with Crippen LogP contribution >= 0.6 is 23.2 Å². The first kappa shape index (κ1) is 17.0. The molecule has 118 valence electrons. The lowest BCUT2D eigenvalue weighted by molar-refractivity contribution is 0.0902. The van der Waals surface area contributed by atoms with E-state index in [0.717, 1.165) is 12.8 Å². The van der Waals surface area contributed by atoms with Crippen molar-refractivity contribution in [2.45, 2.75) is 43.4 Å². The molecular weight excluding hydrogens is 337 g/mol. The van der Waals surface area contributed by atoms with E-state index in [-0.39, 0.29) is 32.7 Å². The Labute approximate surface area is 134 Å². The molecule has 0 spiro atoms. The minimum Gasteiger partial charge on any atom is -0.392 e. The van der Waals surface area contributed by atoms with Gasteiger partial charge in [0.1, 0.15) is 4.90 Å². The number of benzene rings is 1. The van der Waals surface area contributed by atoms with Crippen molar-refractivity contribution < 1.29 is 18.3 Å². The fourth-order valence-corrected chi connectivity index (χ4v) is 4.48.